The number of phenols is 1. The van der Waals surface area contributed by atoms with Gasteiger partial charge >= 0.3 is 5.97 Å². The van der Waals surface area contributed by atoms with Crippen molar-refractivity contribution in [2.75, 3.05) is 6.54 Å². The lowest BCUT2D eigenvalue weighted by Gasteiger charge is -2.43. The van der Waals surface area contributed by atoms with Crippen LogP contribution >= 0.6 is 0 Å². The number of aromatic hydroxyl groups is 1. The molecule has 4 atom stereocenters. The van der Waals surface area contributed by atoms with Crippen LogP contribution in [-0.2, 0) is 30.4 Å². The smallest absolute Gasteiger partial charge is 0.303 e. The van der Waals surface area contributed by atoms with Gasteiger partial charge in [-0.05, 0) is 68.4 Å². The molecule has 0 unspecified atom stereocenters. The Hall–Kier alpha value is -4.27. The van der Waals surface area contributed by atoms with E-state index in [1.165, 1.54) is 17.0 Å². The minimum Gasteiger partial charge on any atom is -0.508 e. The maximum Gasteiger partial charge on any atom is 0.303 e. The molecular formula is C32H31NO8. The van der Waals surface area contributed by atoms with E-state index in [0.717, 1.165) is 16.7 Å². The van der Waals surface area contributed by atoms with Crippen LogP contribution in [0.1, 0.15) is 51.0 Å². The predicted octanol–water partition coefficient (Wildman–Crippen LogP) is 3.82. The third-order valence-corrected chi connectivity index (χ3v) is 9.07. The molecule has 0 spiro atoms. The molecule has 6 rings (SSSR count). The zero-order chi connectivity index (χ0) is 29.0. The largest absolute Gasteiger partial charge is 0.508 e. The number of phenolic OH excluding ortho intramolecular Hbond substituents is 1. The number of hydrogen-bond acceptors (Lipinski definition) is 7. The quantitative estimate of drug-likeness (QED) is 0.223. The van der Waals surface area contributed by atoms with E-state index in [1.807, 2.05) is 6.08 Å². The zero-order valence-corrected chi connectivity index (χ0v) is 22.7. The number of hydrogen-bond donors (Lipinski definition) is 2. The Morgan fingerprint density at radius 2 is 1.88 bits per heavy atom. The molecule has 0 bridgehead atoms. The number of fused-ring (bicyclic) bond motifs is 4. The molecule has 0 aromatic heterocycles. The number of Topliss-reactive ketones (excluding diaryl/α,β-unsaturated/α-hetero) is 1. The third-order valence-electron chi connectivity index (χ3n) is 9.07. The first-order valence-electron chi connectivity index (χ1n) is 14.1. The van der Waals surface area contributed by atoms with Crippen molar-refractivity contribution in [1.29, 1.82) is 0 Å². The molecule has 2 aliphatic heterocycles. The first-order chi connectivity index (χ1) is 19.7. The molecule has 2 amide bonds. The van der Waals surface area contributed by atoms with Gasteiger partial charge in [-0.25, -0.2) is 0 Å². The predicted molar refractivity (Wildman–Crippen MR) is 145 cm³/mol. The highest BCUT2D eigenvalue weighted by atomic mass is 16.5. The zero-order valence-electron chi connectivity index (χ0n) is 22.7. The molecule has 0 radical (unpaired) electrons. The van der Waals surface area contributed by atoms with Crippen LogP contribution in [0.2, 0.25) is 0 Å². The minimum absolute atomic E-state index is 0.0472. The number of ether oxygens (including phenoxy) is 1. The number of carboxylic acids is 1. The molecule has 5 aliphatic rings. The molecular weight excluding hydrogens is 526 g/mol. The lowest BCUT2D eigenvalue weighted by Crippen LogP contribution is -2.41. The van der Waals surface area contributed by atoms with Gasteiger partial charge < -0.3 is 14.9 Å². The lowest BCUT2D eigenvalue weighted by molar-refractivity contribution is -0.141. The molecule has 9 heteroatoms. The first-order valence-corrected chi connectivity index (χ1v) is 14.1. The van der Waals surface area contributed by atoms with Crippen molar-refractivity contribution in [2.24, 2.45) is 23.7 Å². The summed E-state index contributed by atoms with van der Waals surface area (Å²) in [6.07, 6.45) is 7.57. The molecule has 1 saturated heterocycles. The highest BCUT2D eigenvalue weighted by Gasteiger charge is 2.56. The number of aliphatic carboxylic acids is 1. The van der Waals surface area contributed by atoms with Gasteiger partial charge in [-0.1, -0.05) is 18.1 Å². The summed E-state index contributed by atoms with van der Waals surface area (Å²) in [6.45, 7) is 1.86. The van der Waals surface area contributed by atoms with E-state index in [0.29, 0.717) is 54.6 Å². The number of nitrogens with zero attached hydrogens (tertiary/aromatic N) is 1. The van der Waals surface area contributed by atoms with Crippen LogP contribution in [0.25, 0.3) is 0 Å². The summed E-state index contributed by atoms with van der Waals surface area (Å²) in [7, 11) is 0. The molecule has 9 nitrogen and oxygen atoms in total. The Kier molecular flexibility index (Phi) is 6.76. The van der Waals surface area contributed by atoms with Gasteiger partial charge in [0.25, 0.3) is 0 Å². The van der Waals surface area contributed by atoms with Crippen LogP contribution in [0.3, 0.4) is 0 Å². The number of allylic oxidation sites excluding steroid dienone is 7. The Morgan fingerprint density at radius 1 is 1.07 bits per heavy atom. The number of ketones is 2. The molecule has 3 aliphatic carbocycles. The highest BCUT2D eigenvalue weighted by molar-refractivity contribution is 6.23. The Balaban J connectivity index is 1.33. The van der Waals surface area contributed by atoms with Gasteiger partial charge in [-0.2, -0.15) is 0 Å². The monoisotopic (exact) mass is 557 g/mol. The van der Waals surface area contributed by atoms with Gasteiger partial charge in [0.05, 0.1) is 18.1 Å². The van der Waals surface area contributed by atoms with E-state index < -0.39 is 29.6 Å². The van der Waals surface area contributed by atoms with Crippen LogP contribution in [0.5, 0.6) is 11.5 Å². The van der Waals surface area contributed by atoms with E-state index in [9.17, 15) is 29.1 Å². The maximum absolute atomic E-state index is 13.8. The van der Waals surface area contributed by atoms with Gasteiger partial charge in [0, 0.05) is 47.6 Å². The van der Waals surface area contributed by atoms with E-state index in [2.05, 4.69) is 0 Å². The topological polar surface area (TPSA) is 138 Å². The maximum atomic E-state index is 13.8. The van der Waals surface area contributed by atoms with Gasteiger partial charge in [-0.15, -0.1) is 0 Å². The van der Waals surface area contributed by atoms with E-state index >= 15 is 0 Å². The van der Waals surface area contributed by atoms with Gasteiger partial charge in [0.15, 0.2) is 11.6 Å². The first kappa shape index (κ1) is 26.9. The fraction of sp³-hybridized carbons (Fsp3) is 0.406. The third kappa shape index (κ3) is 4.53. The molecule has 1 aromatic rings. The summed E-state index contributed by atoms with van der Waals surface area (Å²) >= 11 is 0. The number of imide groups is 1. The fourth-order valence-electron chi connectivity index (χ4n) is 7.20. The number of carboxylic acid groups (broad SMARTS) is 1. The van der Waals surface area contributed by atoms with Gasteiger partial charge in [-0.3, -0.25) is 28.9 Å². The minimum atomic E-state index is -0.872. The summed E-state index contributed by atoms with van der Waals surface area (Å²) in [5, 5.41) is 18.9. The Morgan fingerprint density at radius 3 is 2.66 bits per heavy atom. The molecule has 41 heavy (non-hydrogen) atoms. The normalized spacial score (nSPS) is 26.9. The van der Waals surface area contributed by atoms with Crippen molar-refractivity contribution in [3.63, 3.8) is 0 Å². The van der Waals surface area contributed by atoms with Crippen molar-refractivity contribution in [3.05, 3.63) is 70.0 Å². The number of benzene rings is 1. The second kappa shape index (κ2) is 10.3. The summed E-state index contributed by atoms with van der Waals surface area (Å²) in [4.78, 5) is 66.1. The van der Waals surface area contributed by atoms with Crippen LogP contribution in [0, 0.1) is 23.7 Å². The number of amides is 2. The second-order valence-corrected chi connectivity index (χ2v) is 11.5. The van der Waals surface area contributed by atoms with Crippen molar-refractivity contribution < 1.29 is 38.9 Å². The van der Waals surface area contributed by atoms with Crippen LogP contribution < -0.4 is 4.74 Å². The molecule has 2 N–H and O–H groups in total. The second-order valence-electron chi connectivity index (χ2n) is 11.5. The fourth-order valence-corrected chi connectivity index (χ4v) is 7.20. The van der Waals surface area contributed by atoms with Crippen molar-refractivity contribution in [3.8, 4) is 11.5 Å². The van der Waals surface area contributed by atoms with E-state index in [-0.39, 0.29) is 48.5 Å². The van der Waals surface area contributed by atoms with Crippen molar-refractivity contribution in [2.45, 2.75) is 51.9 Å². The molecule has 2 heterocycles. The Labute approximate surface area is 236 Å². The van der Waals surface area contributed by atoms with Crippen molar-refractivity contribution >= 4 is 29.4 Å². The number of carbonyl (C=O) groups is 5. The standard InChI is InChI=1S/C32H31NO8/c1-16-11-24(35)29-23(30(16)38)14-22-20(27(29)18-12-17-13-19(34)6-9-25(17)41-15-18)7-8-21-28(22)32(40)33(31(21)39)10-4-2-3-5-26(36)37/h6-7,9,11,13,15,21-22,27-28,34H,2-5,8,10,12,14H2,1H3,(H,36,37)/t21-,22+,27-,28-/m0/s1. The van der Waals surface area contributed by atoms with Crippen molar-refractivity contribution in [1.82, 2.24) is 4.90 Å². The Bertz CT molecular complexity index is 1530. The number of rotatable bonds is 7. The van der Waals surface area contributed by atoms with E-state index in [4.69, 9.17) is 9.84 Å². The van der Waals surface area contributed by atoms with Crippen LogP contribution in [0.15, 0.2) is 64.5 Å². The highest BCUT2D eigenvalue weighted by Crippen LogP contribution is 2.54. The summed E-state index contributed by atoms with van der Waals surface area (Å²) in [6, 6.07) is 4.84. The molecule has 0 saturated carbocycles. The molecule has 212 valence electrons. The average Bonchev–Trinajstić information content (AvgIpc) is 3.19. The van der Waals surface area contributed by atoms with Crippen LogP contribution in [-0.4, -0.2) is 51.0 Å². The summed E-state index contributed by atoms with van der Waals surface area (Å²) < 4.78 is 5.91. The summed E-state index contributed by atoms with van der Waals surface area (Å²) in [5.41, 5.74) is 3.54. The van der Waals surface area contributed by atoms with Gasteiger partial charge in [0.2, 0.25) is 11.8 Å². The molecule has 1 fully saturated rings. The number of carbonyl (C=O) groups excluding carboxylic acids is 4. The summed E-state index contributed by atoms with van der Waals surface area (Å²) in [5.74, 6) is -3.27. The van der Waals surface area contributed by atoms with E-state index in [1.54, 1.807) is 25.3 Å². The average molecular weight is 558 g/mol. The SMILES string of the molecule is CC1=CC(=O)C2=C(C[C@@H]3C(=CC[C@@H]4C(=O)N(CCCCCC(=O)O)C(=O)[C@@H]43)[C@@H]2C2=COc3ccc(O)cc3C2)C1=O. The van der Waals surface area contributed by atoms with Crippen LogP contribution in [0.4, 0.5) is 0 Å². The number of likely N-dealkylation sites (tertiary alicyclic amines) is 1. The lowest BCUT2D eigenvalue weighted by atomic mass is 9.58. The van der Waals surface area contributed by atoms with Gasteiger partial charge in [0.1, 0.15) is 11.5 Å². The number of unbranched alkanes of at least 4 members (excludes halogenated alkanes) is 2. The molecule has 1 aromatic carbocycles.